The lowest BCUT2D eigenvalue weighted by Crippen LogP contribution is -2.22. The number of carboxylic acid groups (broad SMARTS) is 1. The van der Waals surface area contributed by atoms with Gasteiger partial charge in [0.25, 0.3) is 0 Å². The lowest BCUT2D eigenvalue weighted by molar-refractivity contribution is -0.254. The third-order valence-electron chi connectivity index (χ3n) is 2.95. The molecule has 0 amide bonds. The van der Waals surface area contributed by atoms with Crippen molar-refractivity contribution in [3.8, 4) is 0 Å². The maximum Gasteiger partial charge on any atom is 0.0722 e. The van der Waals surface area contributed by atoms with Gasteiger partial charge in [0, 0.05) is 10.9 Å². The van der Waals surface area contributed by atoms with E-state index < -0.39 is 5.97 Å². The largest absolute Gasteiger partial charge is 0.545 e. The zero-order valence-electron chi connectivity index (χ0n) is 10.4. The summed E-state index contributed by atoms with van der Waals surface area (Å²) in [5.74, 6) is -1.19. The third-order valence-corrected chi connectivity index (χ3v) is 3.65. The van der Waals surface area contributed by atoms with Crippen LogP contribution in [0.3, 0.4) is 0 Å². The highest BCUT2D eigenvalue weighted by Crippen LogP contribution is 2.19. The number of carboxylic acids is 1. The number of carbonyl (C=O) groups excluding carboxylic acids is 1. The van der Waals surface area contributed by atoms with Crippen LogP contribution in [0.2, 0.25) is 0 Å². The molecule has 1 aromatic carbocycles. The first-order valence-electron chi connectivity index (χ1n) is 6.05. The van der Waals surface area contributed by atoms with Gasteiger partial charge in [-0.2, -0.15) is 11.3 Å². The van der Waals surface area contributed by atoms with Crippen LogP contribution in [0.25, 0.3) is 23.1 Å². The average Bonchev–Trinajstić information content (AvgIpc) is 2.97. The molecule has 2 heterocycles. The molecule has 0 saturated carbocycles. The number of benzene rings is 1. The summed E-state index contributed by atoms with van der Waals surface area (Å²) in [7, 11) is 0. The molecule has 0 unspecified atom stereocenters. The predicted molar refractivity (Wildman–Crippen MR) is 79.3 cm³/mol. The van der Waals surface area contributed by atoms with Gasteiger partial charge in [-0.15, -0.1) is 0 Å². The Bertz CT molecular complexity index is 791. The van der Waals surface area contributed by atoms with Crippen LogP contribution in [0.1, 0.15) is 21.6 Å². The van der Waals surface area contributed by atoms with Gasteiger partial charge in [0.05, 0.1) is 17.2 Å². The van der Waals surface area contributed by atoms with Gasteiger partial charge in [-0.25, -0.2) is 4.98 Å². The van der Waals surface area contributed by atoms with Crippen molar-refractivity contribution in [3.63, 3.8) is 0 Å². The first-order chi connectivity index (χ1) is 9.74. The summed E-state index contributed by atoms with van der Waals surface area (Å²) in [6.45, 7) is 0. The first-order valence-corrected chi connectivity index (χ1v) is 7.00. The number of aromatic carboxylic acids is 1. The summed E-state index contributed by atoms with van der Waals surface area (Å²) in [5.41, 5.74) is 2.49. The fraction of sp³-hybridized carbons (Fsp3) is 0. The Labute approximate surface area is 119 Å². The van der Waals surface area contributed by atoms with Crippen LogP contribution in [0.15, 0.2) is 47.2 Å². The normalized spacial score (nSPS) is 11.2. The van der Waals surface area contributed by atoms with Crippen LogP contribution in [0.5, 0.6) is 0 Å². The van der Waals surface area contributed by atoms with Crippen molar-refractivity contribution in [2.24, 2.45) is 0 Å². The van der Waals surface area contributed by atoms with E-state index in [2.05, 4.69) is 4.98 Å². The zero-order valence-corrected chi connectivity index (χ0v) is 11.3. The van der Waals surface area contributed by atoms with Crippen molar-refractivity contribution in [1.29, 1.82) is 0 Å². The molecule has 4 heteroatoms. The molecule has 3 nitrogen and oxygen atoms in total. The number of pyridine rings is 1. The van der Waals surface area contributed by atoms with E-state index in [9.17, 15) is 9.90 Å². The molecule has 0 saturated heterocycles. The number of thiophene rings is 1. The van der Waals surface area contributed by atoms with E-state index in [-0.39, 0.29) is 5.56 Å². The topological polar surface area (TPSA) is 53.0 Å². The molecule has 20 heavy (non-hydrogen) atoms. The Kier molecular flexibility index (Phi) is 3.31. The second-order valence-corrected chi connectivity index (χ2v) is 5.07. The van der Waals surface area contributed by atoms with Gasteiger partial charge in [-0.05, 0) is 40.6 Å². The maximum atomic E-state index is 11.2. The molecule has 0 spiro atoms. The van der Waals surface area contributed by atoms with Gasteiger partial charge in [-0.1, -0.05) is 24.3 Å². The summed E-state index contributed by atoms with van der Waals surface area (Å²) in [5, 5.41) is 15.8. The van der Waals surface area contributed by atoms with E-state index in [1.807, 2.05) is 29.0 Å². The van der Waals surface area contributed by atoms with Gasteiger partial charge in [-0.3, -0.25) is 0 Å². The van der Waals surface area contributed by atoms with Crippen molar-refractivity contribution in [3.05, 3.63) is 64.0 Å². The minimum absolute atomic E-state index is 0.167. The van der Waals surface area contributed by atoms with Crippen LogP contribution in [0, 0.1) is 0 Å². The van der Waals surface area contributed by atoms with Crippen LogP contribution >= 0.6 is 11.3 Å². The van der Waals surface area contributed by atoms with Crippen molar-refractivity contribution < 1.29 is 9.90 Å². The SMILES string of the molecule is O=C([O-])c1cc(/C=C/c2ccsc2)nc2ccccc12. The number of hydrogen-bond donors (Lipinski definition) is 0. The fourth-order valence-electron chi connectivity index (χ4n) is 2.00. The quantitative estimate of drug-likeness (QED) is 0.741. The molecule has 98 valence electrons. The summed E-state index contributed by atoms with van der Waals surface area (Å²) in [4.78, 5) is 15.7. The maximum absolute atomic E-state index is 11.2. The molecule has 0 aliphatic heterocycles. The summed E-state index contributed by atoms with van der Waals surface area (Å²) in [6.07, 6.45) is 3.72. The first kappa shape index (κ1) is 12.6. The Morgan fingerprint density at radius 2 is 2.05 bits per heavy atom. The fourth-order valence-corrected chi connectivity index (χ4v) is 2.63. The van der Waals surface area contributed by atoms with Crippen LogP contribution in [0.4, 0.5) is 0 Å². The van der Waals surface area contributed by atoms with Crippen molar-refractivity contribution >= 4 is 40.4 Å². The second-order valence-electron chi connectivity index (χ2n) is 4.29. The van der Waals surface area contributed by atoms with E-state index in [4.69, 9.17) is 0 Å². The highest BCUT2D eigenvalue weighted by molar-refractivity contribution is 7.08. The van der Waals surface area contributed by atoms with Gasteiger partial charge >= 0.3 is 0 Å². The van der Waals surface area contributed by atoms with Gasteiger partial charge in [0.2, 0.25) is 0 Å². The van der Waals surface area contributed by atoms with E-state index in [1.165, 1.54) is 0 Å². The molecule has 0 atom stereocenters. The monoisotopic (exact) mass is 280 g/mol. The smallest absolute Gasteiger partial charge is 0.0722 e. The van der Waals surface area contributed by atoms with Crippen LogP contribution < -0.4 is 5.11 Å². The lowest BCUT2D eigenvalue weighted by atomic mass is 10.1. The van der Waals surface area contributed by atoms with E-state index in [0.717, 1.165) is 5.56 Å². The van der Waals surface area contributed by atoms with Crippen molar-refractivity contribution in [1.82, 2.24) is 4.98 Å². The van der Waals surface area contributed by atoms with E-state index in [1.54, 1.807) is 41.7 Å². The zero-order chi connectivity index (χ0) is 13.9. The number of nitrogens with zero attached hydrogens (tertiary/aromatic N) is 1. The van der Waals surface area contributed by atoms with Crippen LogP contribution in [-0.2, 0) is 0 Å². The van der Waals surface area contributed by atoms with E-state index >= 15 is 0 Å². The summed E-state index contributed by atoms with van der Waals surface area (Å²) < 4.78 is 0. The van der Waals surface area contributed by atoms with Crippen molar-refractivity contribution in [2.75, 3.05) is 0 Å². The molecule has 0 fully saturated rings. The third kappa shape index (κ3) is 2.46. The Hall–Kier alpha value is -2.46. The predicted octanol–water partition coefficient (Wildman–Crippen LogP) is 2.83. The molecule has 2 aromatic heterocycles. The molecular formula is C16H10NO2S-. The average molecular weight is 280 g/mol. The second kappa shape index (κ2) is 5.27. The minimum atomic E-state index is -1.19. The molecule has 0 bridgehead atoms. The Balaban J connectivity index is 2.10. The van der Waals surface area contributed by atoms with Gasteiger partial charge < -0.3 is 9.90 Å². The number of rotatable bonds is 3. The minimum Gasteiger partial charge on any atom is -0.545 e. The Morgan fingerprint density at radius 1 is 1.20 bits per heavy atom. The van der Waals surface area contributed by atoms with Gasteiger partial charge in [0.1, 0.15) is 0 Å². The highest BCUT2D eigenvalue weighted by atomic mass is 32.1. The number of carbonyl (C=O) groups is 1. The summed E-state index contributed by atoms with van der Waals surface area (Å²) >= 11 is 1.61. The molecule has 0 radical (unpaired) electrons. The highest BCUT2D eigenvalue weighted by Gasteiger charge is 2.04. The molecule has 0 aliphatic carbocycles. The number of hydrogen-bond acceptors (Lipinski definition) is 4. The number of para-hydroxylation sites is 1. The van der Waals surface area contributed by atoms with E-state index in [0.29, 0.717) is 16.6 Å². The molecule has 3 rings (SSSR count). The molecular weight excluding hydrogens is 270 g/mol. The van der Waals surface area contributed by atoms with Crippen molar-refractivity contribution in [2.45, 2.75) is 0 Å². The summed E-state index contributed by atoms with van der Waals surface area (Å²) in [6, 6.07) is 10.7. The Morgan fingerprint density at radius 3 is 2.80 bits per heavy atom. The van der Waals surface area contributed by atoms with Gasteiger partial charge in [0.15, 0.2) is 0 Å². The molecule has 0 N–H and O–H groups in total. The number of fused-ring (bicyclic) bond motifs is 1. The number of aromatic nitrogens is 1. The van der Waals surface area contributed by atoms with Crippen LogP contribution in [-0.4, -0.2) is 11.0 Å². The molecule has 3 aromatic rings. The lowest BCUT2D eigenvalue weighted by Gasteiger charge is -2.08. The molecule has 0 aliphatic rings. The standard InChI is InChI=1S/C16H11NO2S/c18-16(19)14-9-12(6-5-11-7-8-20-10-11)17-15-4-2-1-3-13(14)15/h1-10H,(H,18,19)/p-1/b6-5+.